The predicted octanol–water partition coefficient (Wildman–Crippen LogP) is 3.60. The van der Waals surface area contributed by atoms with Crippen LogP contribution in [-0.2, 0) is 11.3 Å². The van der Waals surface area contributed by atoms with E-state index in [-0.39, 0.29) is 36.2 Å². The molecule has 2 atom stereocenters. The summed E-state index contributed by atoms with van der Waals surface area (Å²) in [5.74, 6) is -2.32. The van der Waals surface area contributed by atoms with Gasteiger partial charge in [0.25, 0.3) is 5.91 Å². The number of amides is 1. The van der Waals surface area contributed by atoms with Crippen LogP contribution in [0, 0.1) is 17.5 Å². The molecule has 28 heavy (non-hydrogen) atoms. The van der Waals surface area contributed by atoms with Crippen LogP contribution in [0.1, 0.15) is 19.4 Å². The zero-order valence-electron chi connectivity index (χ0n) is 15.9. The first kappa shape index (κ1) is 20.2. The second kappa shape index (κ2) is 8.65. The van der Waals surface area contributed by atoms with E-state index < -0.39 is 11.6 Å². The van der Waals surface area contributed by atoms with Gasteiger partial charge in [-0.3, -0.25) is 9.69 Å². The van der Waals surface area contributed by atoms with E-state index in [2.05, 4.69) is 4.90 Å². The number of nitrogens with zero attached hydrogens (tertiary/aromatic N) is 2. The van der Waals surface area contributed by atoms with Gasteiger partial charge in [-0.25, -0.2) is 13.2 Å². The molecule has 7 heteroatoms. The van der Waals surface area contributed by atoms with Crippen LogP contribution in [0.25, 0.3) is 0 Å². The number of carbonyl (C=O) groups is 1. The summed E-state index contributed by atoms with van der Waals surface area (Å²) in [5, 5.41) is 0. The molecule has 0 bridgehead atoms. The fourth-order valence-electron chi connectivity index (χ4n) is 3.38. The molecule has 1 amide bonds. The third-order valence-electron chi connectivity index (χ3n) is 4.99. The Morgan fingerprint density at radius 1 is 1.00 bits per heavy atom. The van der Waals surface area contributed by atoms with E-state index in [0.29, 0.717) is 19.6 Å². The lowest BCUT2D eigenvalue weighted by atomic mass is 10.1. The molecule has 1 saturated heterocycles. The largest absolute Gasteiger partial charge is 0.484 e. The van der Waals surface area contributed by atoms with Crippen molar-refractivity contribution >= 4 is 5.91 Å². The van der Waals surface area contributed by atoms with Crippen LogP contribution in [0.15, 0.2) is 42.5 Å². The predicted molar refractivity (Wildman–Crippen MR) is 99.3 cm³/mol. The molecular weight excluding hydrogens is 369 g/mol. The lowest BCUT2D eigenvalue weighted by Crippen LogP contribution is -2.58. The molecule has 0 unspecified atom stereocenters. The number of benzene rings is 2. The number of ether oxygens (including phenoxy) is 1. The van der Waals surface area contributed by atoms with Gasteiger partial charge in [0.15, 0.2) is 18.2 Å². The molecule has 0 saturated carbocycles. The number of piperazine rings is 1. The minimum atomic E-state index is -1.01. The van der Waals surface area contributed by atoms with Gasteiger partial charge in [0.2, 0.25) is 0 Å². The first-order chi connectivity index (χ1) is 13.3. The van der Waals surface area contributed by atoms with Crippen molar-refractivity contribution < 1.29 is 22.7 Å². The SMILES string of the molecule is C[C@@H]1CN(Cc2ccc(F)cc2)[C@@H](C)CN1C(=O)COc1ccc(F)c(F)c1. The second-order valence-corrected chi connectivity index (χ2v) is 7.16. The van der Waals surface area contributed by atoms with Crippen LogP contribution in [0.5, 0.6) is 5.75 Å². The Labute approximate surface area is 162 Å². The Kier molecular flexibility index (Phi) is 6.24. The summed E-state index contributed by atoms with van der Waals surface area (Å²) in [6.45, 7) is 5.64. The summed E-state index contributed by atoms with van der Waals surface area (Å²) < 4.78 is 44.6. The number of halogens is 3. The molecule has 0 spiro atoms. The normalized spacial score (nSPS) is 20.2. The van der Waals surface area contributed by atoms with E-state index in [4.69, 9.17) is 4.74 Å². The van der Waals surface area contributed by atoms with E-state index in [0.717, 1.165) is 17.7 Å². The highest BCUT2D eigenvalue weighted by molar-refractivity contribution is 5.78. The molecule has 0 N–H and O–H groups in total. The minimum absolute atomic E-state index is 0.0299. The van der Waals surface area contributed by atoms with Gasteiger partial charge < -0.3 is 9.64 Å². The average molecular weight is 392 g/mol. The van der Waals surface area contributed by atoms with Crippen molar-refractivity contribution in [3.05, 3.63) is 65.5 Å². The van der Waals surface area contributed by atoms with Crippen LogP contribution in [0.3, 0.4) is 0 Å². The molecule has 0 aliphatic carbocycles. The molecule has 0 aromatic heterocycles. The molecule has 1 aliphatic heterocycles. The first-order valence-electron chi connectivity index (χ1n) is 9.19. The Hall–Kier alpha value is -2.54. The maximum Gasteiger partial charge on any atom is 0.260 e. The maximum atomic E-state index is 13.2. The summed E-state index contributed by atoms with van der Waals surface area (Å²) in [5.41, 5.74) is 1.02. The molecule has 1 heterocycles. The fraction of sp³-hybridized carbons (Fsp3) is 0.381. The molecule has 3 rings (SSSR count). The third-order valence-corrected chi connectivity index (χ3v) is 4.99. The smallest absolute Gasteiger partial charge is 0.260 e. The quantitative estimate of drug-likeness (QED) is 0.780. The summed E-state index contributed by atoms with van der Waals surface area (Å²) in [6, 6.07) is 9.69. The van der Waals surface area contributed by atoms with Gasteiger partial charge in [-0.15, -0.1) is 0 Å². The van der Waals surface area contributed by atoms with Crippen LogP contribution in [-0.4, -0.2) is 47.5 Å². The van der Waals surface area contributed by atoms with E-state index in [1.807, 2.05) is 13.8 Å². The van der Waals surface area contributed by atoms with Gasteiger partial charge in [-0.1, -0.05) is 12.1 Å². The Morgan fingerprint density at radius 2 is 1.71 bits per heavy atom. The molecule has 1 fully saturated rings. The topological polar surface area (TPSA) is 32.8 Å². The van der Waals surface area contributed by atoms with Crippen molar-refractivity contribution in [3.8, 4) is 5.75 Å². The number of carbonyl (C=O) groups excluding carboxylic acids is 1. The fourth-order valence-corrected chi connectivity index (χ4v) is 3.38. The lowest BCUT2D eigenvalue weighted by Gasteiger charge is -2.44. The summed E-state index contributed by atoms with van der Waals surface area (Å²) in [4.78, 5) is 16.5. The Bertz CT molecular complexity index is 829. The second-order valence-electron chi connectivity index (χ2n) is 7.16. The Balaban J connectivity index is 1.56. The molecule has 4 nitrogen and oxygen atoms in total. The molecule has 150 valence electrons. The van der Waals surface area contributed by atoms with Crippen molar-refractivity contribution in [2.75, 3.05) is 19.7 Å². The molecular formula is C21H23F3N2O2. The number of hydrogen-bond donors (Lipinski definition) is 0. The zero-order valence-corrected chi connectivity index (χ0v) is 15.9. The monoisotopic (exact) mass is 392 g/mol. The van der Waals surface area contributed by atoms with Crippen molar-refractivity contribution in [1.82, 2.24) is 9.80 Å². The highest BCUT2D eigenvalue weighted by Crippen LogP contribution is 2.20. The number of hydrogen-bond acceptors (Lipinski definition) is 3. The van der Waals surface area contributed by atoms with Crippen molar-refractivity contribution in [3.63, 3.8) is 0 Å². The highest BCUT2D eigenvalue weighted by atomic mass is 19.2. The average Bonchev–Trinajstić information content (AvgIpc) is 2.67. The van der Waals surface area contributed by atoms with Gasteiger partial charge >= 0.3 is 0 Å². The molecule has 0 radical (unpaired) electrons. The van der Waals surface area contributed by atoms with Crippen LogP contribution < -0.4 is 4.74 Å². The van der Waals surface area contributed by atoms with E-state index in [1.165, 1.54) is 18.2 Å². The number of rotatable bonds is 5. The van der Waals surface area contributed by atoms with Gasteiger partial charge in [0.1, 0.15) is 11.6 Å². The van der Waals surface area contributed by atoms with Crippen LogP contribution in [0.4, 0.5) is 13.2 Å². The van der Waals surface area contributed by atoms with Crippen LogP contribution in [0.2, 0.25) is 0 Å². The van der Waals surface area contributed by atoms with Gasteiger partial charge in [-0.2, -0.15) is 0 Å². The summed E-state index contributed by atoms with van der Waals surface area (Å²) >= 11 is 0. The third kappa shape index (κ3) is 4.84. The lowest BCUT2D eigenvalue weighted by molar-refractivity contribution is -0.139. The molecule has 2 aromatic rings. The molecule has 2 aromatic carbocycles. The van der Waals surface area contributed by atoms with Gasteiger partial charge in [0, 0.05) is 37.8 Å². The van der Waals surface area contributed by atoms with E-state index >= 15 is 0 Å². The maximum absolute atomic E-state index is 13.2. The van der Waals surface area contributed by atoms with E-state index in [1.54, 1.807) is 17.0 Å². The van der Waals surface area contributed by atoms with Crippen molar-refractivity contribution in [2.24, 2.45) is 0 Å². The molecule has 1 aliphatic rings. The highest BCUT2D eigenvalue weighted by Gasteiger charge is 2.32. The van der Waals surface area contributed by atoms with Crippen molar-refractivity contribution in [1.29, 1.82) is 0 Å². The standard InChI is InChI=1S/C21H23F3N2O2/c1-14-11-26(21(27)13-28-18-7-8-19(23)20(24)9-18)15(2)10-25(14)12-16-3-5-17(22)6-4-16/h3-9,14-15H,10-13H2,1-2H3/t14-,15+/m0/s1. The van der Waals surface area contributed by atoms with Crippen LogP contribution >= 0.6 is 0 Å². The van der Waals surface area contributed by atoms with Gasteiger partial charge in [0.05, 0.1) is 0 Å². The Morgan fingerprint density at radius 3 is 2.39 bits per heavy atom. The first-order valence-corrected chi connectivity index (χ1v) is 9.19. The van der Waals surface area contributed by atoms with E-state index in [9.17, 15) is 18.0 Å². The zero-order chi connectivity index (χ0) is 20.3. The van der Waals surface area contributed by atoms with Crippen molar-refractivity contribution in [2.45, 2.75) is 32.5 Å². The summed E-state index contributed by atoms with van der Waals surface area (Å²) in [7, 11) is 0. The summed E-state index contributed by atoms with van der Waals surface area (Å²) in [6.07, 6.45) is 0. The minimum Gasteiger partial charge on any atom is -0.484 e. The van der Waals surface area contributed by atoms with Gasteiger partial charge in [-0.05, 0) is 43.7 Å².